The monoisotopic (exact) mass is 135 g/mol. The molecule has 43 valence electrons. The third-order valence-corrected chi connectivity index (χ3v) is 2.23. The van der Waals surface area contributed by atoms with Crippen molar-refractivity contribution in [1.29, 1.82) is 0 Å². The van der Waals surface area contributed by atoms with E-state index in [-0.39, 0.29) is 0 Å². The van der Waals surface area contributed by atoms with Gasteiger partial charge in [-0.25, -0.2) is 0 Å². The van der Waals surface area contributed by atoms with E-state index >= 15 is 0 Å². The molecule has 0 aromatic carbocycles. The molecular formula is C5H11S2. The smallest absolute Gasteiger partial charge is 0.0128 e. The fourth-order valence-corrected chi connectivity index (χ4v) is 1.27. The Bertz CT molecular complexity index is 25.3. The van der Waals surface area contributed by atoms with E-state index in [0.717, 1.165) is 11.5 Å². The first kappa shape index (κ1) is 7.70. The minimum absolute atomic E-state index is 0.907. The molecule has 0 aliphatic heterocycles. The van der Waals surface area contributed by atoms with Gasteiger partial charge in [-0.1, -0.05) is 19.6 Å². The largest absolute Gasteiger partial charge is 0.161 e. The number of rotatable bonds is 4. The molecule has 0 N–H and O–H groups in total. The first-order valence-electron chi connectivity index (χ1n) is 2.57. The SMILES string of the molecule is CCCSCC[S]. The van der Waals surface area contributed by atoms with E-state index in [1.54, 1.807) is 0 Å². The van der Waals surface area contributed by atoms with Crippen molar-refractivity contribution in [2.45, 2.75) is 13.3 Å². The van der Waals surface area contributed by atoms with Gasteiger partial charge in [0, 0.05) is 11.5 Å². The molecular weight excluding hydrogens is 124 g/mol. The molecule has 0 unspecified atom stereocenters. The van der Waals surface area contributed by atoms with Crippen LogP contribution in [-0.2, 0) is 0 Å². The predicted molar refractivity (Wildman–Crippen MR) is 40.1 cm³/mol. The van der Waals surface area contributed by atoms with Crippen molar-refractivity contribution in [3.63, 3.8) is 0 Å². The zero-order valence-corrected chi connectivity index (χ0v) is 6.28. The Kier molecular flexibility index (Phi) is 7.37. The molecule has 0 amide bonds. The van der Waals surface area contributed by atoms with Gasteiger partial charge in [-0.2, -0.15) is 11.8 Å². The molecule has 0 nitrogen and oxygen atoms in total. The van der Waals surface area contributed by atoms with Crippen molar-refractivity contribution in [3.05, 3.63) is 0 Å². The van der Waals surface area contributed by atoms with E-state index in [9.17, 15) is 0 Å². The highest BCUT2D eigenvalue weighted by molar-refractivity contribution is 7.99. The normalized spacial score (nSPS) is 9.43. The third-order valence-electron chi connectivity index (χ3n) is 0.576. The average Bonchev–Trinajstić information content (AvgIpc) is 1.69. The number of thioether (sulfide) groups is 1. The maximum atomic E-state index is 4.74. The van der Waals surface area contributed by atoms with Crippen molar-refractivity contribution in [1.82, 2.24) is 0 Å². The molecule has 0 aromatic heterocycles. The van der Waals surface area contributed by atoms with Crippen LogP contribution >= 0.6 is 24.4 Å². The molecule has 0 aliphatic rings. The summed E-state index contributed by atoms with van der Waals surface area (Å²) in [6.45, 7) is 2.19. The molecule has 0 aromatic rings. The molecule has 1 radical (unpaired) electrons. The highest BCUT2D eigenvalue weighted by atomic mass is 32.2. The van der Waals surface area contributed by atoms with Crippen molar-refractivity contribution >= 4 is 24.4 Å². The highest BCUT2D eigenvalue weighted by Gasteiger charge is 1.80. The van der Waals surface area contributed by atoms with Crippen molar-refractivity contribution in [2.75, 3.05) is 17.3 Å². The van der Waals surface area contributed by atoms with Crippen LogP contribution < -0.4 is 0 Å². The molecule has 2 heteroatoms. The molecule has 0 rings (SSSR count). The molecule has 0 saturated heterocycles. The summed E-state index contributed by atoms with van der Waals surface area (Å²) in [5.41, 5.74) is 0. The van der Waals surface area contributed by atoms with Crippen LogP contribution in [-0.4, -0.2) is 17.3 Å². The van der Waals surface area contributed by atoms with Gasteiger partial charge in [0.05, 0.1) is 0 Å². The van der Waals surface area contributed by atoms with Gasteiger partial charge in [-0.15, -0.1) is 0 Å². The topological polar surface area (TPSA) is 0 Å². The van der Waals surface area contributed by atoms with Gasteiger partial charge in [0.15, 0.2) is 0 Å². The van der Waals surface area contributed by atoms with Gasteiger partial charge in [-0.05, 0) is 12.2 Å². The van der Waals surface area contributed by atoms with Crippen LogP contribution in [0.1, 0.15) is 13.3 Å². The van der Waals surface area contributed by atoms with Gasteiger partial charge < -0.3 is 0 Å². The van der Waals surface area contributed by atoms with E-state index in [1.165, 1.54) is 12.2 Å². The van der Waals surface area contributed by atoms with Crippen molar-refractivity contribution < 1.29 is 0 Å². The fraction of sp³-hybridized carbons (Fsp3) is 1.00. The van der Waals surface area contributed by atoms with E-state index in [1.807, 2.05) is 11.8 Å². The minimum atomic E-state index is 0.907. The van der Waals surface area contributed by atoms with Gasteiger partial charge >= 0.3 is 0 Å². The molecule has 7 heavy (non-hydrogen) atoms. The van der Waals surface area contributed by atoms with Crippen LogP contribution in [0.4, 0.5) is 0 Å². The van der Waals surface area contributed by atoms with Crippen LogP contribution in [0.25, 0.3) is 0 Å². The highest BCUT2D eigenvalue weighted by Crippen LogP contribution is 2.00. The summed E-state index contributed by atoms with van der Waals surface area (Å²) in [5, 5.41) is 0. The molecule has 0 spiro atoms. The van der Waals surface area contributed by atoms with E-state index in [2.05, 4.69) is 6.92 Å². The molecule has 0 atom stereocenters. The maximum absolute atomic E-state index is 4.74. The second kappa shape index (κ2) is 6.70. The fourth-order valence-electron chi connectivity index (χ4n) is 0.305. The zero-order chi connectivity index (χ0) is 5.54. The average molecular weight is 135 g/mol. The number of hydrogen-bond donors (Lipinski definition) is 0. The summed E-state index contributed by atoms with van der Waals surface area (Å²) in [7, 11) is 0. The molecule has 0 aliphatic carbocycles. The van der Waals surface area contributed by atoms with Crippen molar-refractivity contribution in [2.24, 2.45) is 0 Å². The molecule has 0 heterocycles. The first-order valence-corrected chi connectivity index (χ1v) is 4.31. The molecule has 0 saturated carbocycles. The van der Waals surface area contributed by atoms with Gasteiger partial charge in [-0.3, -0.25) is 0 Å². The van der Waals surface area contributed by atoms with Crippen LogP contribution in [0.3, 0.4) is 0 Å². The summed E-state index contributed by atoms with van der Waals surface area (Å²) < 4.78 is 0. The lowest BCUT2D eigenvalue weighted by atomic mass is 10.6. The summed E-state index contributed by atoms with van der Waals surface area (Å²) in [6, 6.07) is 0. The second-order valence-corrected chi connectivity index (χ2v) is 2.95. The minimum Gasteiger partial charge on any atom is -0.161 e. The Morgan fingerprint density at radius 3 is 2.57 bits per heavy atom. The van der Waals surface area contributed by atoms with Gasteiger partial charge in [0.25, 0.3) is 0 Å². The van der Waals surface area contributed by atoms with E-state index in [0.29, 0.717) is 0 Å². The Labute approximate surface area is 55.5 Å². The second-order valence-electron chi connectivity index (χ2n) is 1.32. The van der Waals surface area contributed by atoms with Crippen LogP contribution in [0, 0.1) is 0 Å². The van der Waals surface area contributed by atoms with E-state index in [4.69, 9.17) is 12.6 Å². The first-order chi connectivity index (χ1) is 3.41. The Morgan fingerprint density at radius 1 is 1.43 bits per heavy atom. The summed E-state index contributed by atoms with van der Waals surface area (Å²) >= 11 is 6.69. The summed E-state index contributed by atoms with van der Waals surface area (Å²) in [6.07, 6.45) is 1.28. The van der Waals surface area contributed by atoms with E-state index < -0.39 is 0 Å². The van der Waals surface area contributed by atoms with Gasteiger partial charge in [0.1, 0.15) is 0 Å². The van der Waals surface area contributed by atoms with Gasteiger partial charge in [0.2, 0.25) is 0 Å². The Hall–Kier alpha value is 0.700. The van der Waals surface area contributed by atoms with Crippen molar-refractivity contribution in [3.8, 4) is 0 Å². The predicted octanol–water partition coefficient (Wildman–Crippen LogP) is 2.33. The summed E-state index contributed by atoms with van der Waals surface area (Å²) in [5.74, 6) is 3.34. The molecule has 0 fully saturated rings. The Morgan fingerprint density at radius 2 is 2.14 bits per heavy atom. The van der Waals surface area contributed by atoms with Crippen LogP contribution in [0.5, 0.6) is 0 Å². The maximum Gasteiger partial charge on any atom is 0.0128 e. The van der Waals surface area contributed by atoms with Crippen LogP contribution in [0.15, 0.2) is 0 Å². The zero-order valence-electron chi connectivity index (χ0n) is 4.64. The lowest BCUT2D eigenvalue weighted by Gasteiger charge is -1.90. The standard InChI is InChI=1S/C5H11S2/c1-2-4-7-5-3-6/h2-5H2,1H3. The van der Waals surface area contributed by atoms with Crippen LogP contribution in [0.2, 0.25) is 0 Å². The molecule has 0 bridgehead atoms. The number of hydrogen-bond acceptors (Lipinski definition) is 1. The quantitative estimate of drug-likeness (QED) is 0.533. The lowest BCUT2D eigenvalue weighted by Crippen LogP contribution is -1.80. The third kappa shape index (κ3) is 6.70. The summed E-state index contributed by atoms with van der Waals surface area (Å²) in [4.78, 5) is 0. The lowest BCUT2D eigenvalue weighted by molar-refractivity contribution is 1.11. The Balaban J connectivity index is 2.45.